The first-order valence-corrected chi connectivity index (χ1v) is 6.90. The van der Waals surface area contributed by atoms with Crippen molar-refractivity contribution in [2.45, 2.75) is 18.2 Å². The summed E-state index contributed by atoms with van der Waals surface area (Å²) in [5, 5.41) is 6.32. The third-order valence-electron chi connectivity index (χ3n) is 2.13. The fourth-order valence-electron chi connectivity index (χ4n) is 1.35. The molecule has 18 heavy (non-hydrogen) atoms. The second-order valence-electron chi connectivity index (χ2n) is 3.65. The average Bonchev–Trinajstić information content (AvgIpc) is 2.58. The number of amides is 1. The summed E-state index contributed by atoms with van der Waals surface area (Å²) in [6, 6.07) is 0. The predicted molar refractivity (Wildman–Crippen MR) is 66.1 cm³/mol. The summed E-state index contributed by atoms with van der Waals surface area (Å²) in [4.78, 5) is 11.1. The maximum Gasteiger partial charge on any atom is 0.245 e. The SMILES string of the molecule is CCNC(=O)CCNS(=O)(=O)c1cn(C)nc1N. The number of hydrogen-bond donors (Lipinski definition) is 3. The fourth-order valence-corrected chi connectivity index (χ4v) is 2.49. The molecule has 0 bridgehead atoms. The quantitative estimate of drug-likeness (QED) is 0.603. The smallest absolute Gasteiger partial charge is 0.245 e. The summed E-state index contributed by atoms with van der Waals surface area (Å²) >= 11 is 0. The maximum absolute atomic E-state index is 11.8. The van der Waals surface area contributed by atoms with Crippen LogP contribution in [0, 0.1) is 0 Å². The van der Waals surface area contributed by atoms with Gasteiger partial charge in [0, 0.05) is 32.8 Å². The van der Waals surface area contributed by atoms with Gasteiger partial charge in [-0.05, 0) is 6.92 Å². The van der Waals surface area contributed by atoms with Gasteiger partial charge in [0.25, 0.3) is 0 Å². The highest BCUT2D eigenvalue weighted by Gasteiger charge is 2.20. The van der Waals surface area contributed by atoms with E-state index in [1.807, 2.05) is 0 Å². The highest BCUT2D eigenvalue weighted by atomic mass is 32.2. The summed E-state index contributed by atoms with van der Waals surface area (Å²) in [6.45, 7) is 2.32. The number of sulfonamides is 1. The number of aromatic nitrogens is 2. The zero-order valence-corrected chi connectivity index (χ0v) is 11.1. The van der Waals surface area contributed by atoms with Crippen molar-refractivity contribution in [1.82, 2.24) is 19.8 Å². The third kappa shape index (κ3) is 3.70. The standard InChI is InChI=1S/C9H17N5O3S/c1-3-11-8(15)4-5-12-18(16,17)7-6-14(2)13-9(7)10/h6,12H,3-5H2,1-2H3,(H2,10,13)(H,11,15). The van der Waals surface area contributed by atoms with Gasteiger partial charge < -0.3 is 11.1 Å². The van der Waals surface area contributed by atoms with E-state index in [1.54, 1.807) is 14.0 Å². The van der Waals surface area contributed by atoms with E-state index in [0.717, 1.165) is 0 Å². The van der Waals surface area contributed by atoms with Crippen molar-refractivity contribution in [2.24, 2.45) is 7.05 Å². The Bertz CT molecular complexity index is 522. The lowest BCUT2D eigenvalue weighted by molar-refractivity contribution is -0.120. The summed E-state index contributed by atoms with van der Waals surface area (Å²) in [7, 11) is -2.15. The molecular weight excluding hydrogens is 258 g/mol. The van der Waals surface area contributed by atoms with Crippen LogP contribution in [0.15, 0.2) is 11.1 Å². The Morgan fingerprint density at radius 2 is 2.22 bits per heavy atom. The van der Waals surface area contributed by atoms with E-state index in [1.165, 1.54) is 10.9 Å². The van der Waals surface area contributed by atoms with Crippen molar-refractivity contribution < 1.29 is 13.2 Å². The van der Waals surface area contributed by atoms with Crippen LogP contribution < -0.4 is 15.8 Å². The van der Waals surface area contributed by atoms with Crippen molar-refractivity contribution in [3.8, 4) is 0 Å². The van der Waals surface area contributed by atoms with E-state index < -0.39 is 10.0 Å². The monoisotopic (exact) mass is 275 g/mol. The molecule has 0 saturated carbocycles. The van der Waals surface area contributed by atoms with Crippen LogP contribution in [0.25, 0.3) is 0 Å². The molecular formula is C9H17N5O3S. The van der Waals surface area contributed by atoms with Crippen LogP contribution in [-0.4, -0.2) is 37.2 Å². The first-order valence-electron chi connectivity index (χ1n) is 5.42. The van der Waals surface area contributed by atoms with Crippen LogP contribution in [0.4, 0.5) is 5.82 Å². The highest BCUT2D eigenvalue weighted by molar-refractivity contribution is 7.89. The molecule has 0 spiro atoms. The minimum absolute atomic E-state index is 0.0164. The molecule has 0 atom stereocenters. The molecule has 1 amide bonds. The topological polar surface area (TPSA) is 119 Å². The number of nitrogen functional groups attached to an aromatic ring is 1. The van der Waals surface area contributed by atoms with Crippen LogP contribution in [0.5, 0.6) is 0 Å². The predicted octanol–water partition coefficient (Wildman–Crippen LogP) is -1.19. The van der Waals surface area contributed by atoms with Gasteiger partial charge in [0.05, 0.1) is 0 Å². The van der Waals surface area contributed by atoms with Gasteiger partial charge in [-0.2, -0.15) is 5.10 Å². The zero-order valence-electron chi connectivity index (χ0n) is 10.3. The highest BCUT2D eigenvalue weighted by Crippen LogP contribution is 2.14. The van der Waals surface area contributed by atoms with Crippen LogP contribution in [0.2, 0.25) is 0 Å². The van der Waals surface area contributed by atoms with E-state index in [0.29, 0.717) is 6.54 Å². The van der Waals surface area contributed by atoms with Crippen molar-refractivity contribution >= 4 is 21.7 Å². The van der Waals surface area contributed by atoms with Gasteiger partial charge in [-0.15, -0.1) is 0 Å². The van der Waals surface area contributed by atoms with Gasteiger partial charge in [0.1, 0.15) is 4.90 Å². The third-order valence-corrected chi connectivity index (χ3v) is 3.61. The summed E-state index contributed by atoms with van der Waals surface area (Å²) in [6.07, 6.45) is 1.39. The van der Waals surface area contributed by atoms with Crippen LogP contribution in [0.1, 0.15) is 13.3 Å². The molecule has 1 aromatic rings. The fraction of sp³-hybridized carbons (Fsp3) is 0.556. The Kier molecular flexibility index (Phi) is 4.68. The Hall–Kier alpha value is -1.61. The number of anilines is 1. The zero-order chi connectivity index (χ0) is 13.8. The molecule has 102 valence electrons. The lowest BCUT2D eigenvalue weighted by Gasteiger charge is -2.05. The molecule has 8 nitrogen and oxygen atoms in total. The Labute approximate surface area is 106 Å². The molecule has 0 aliphatic rings. The van der Waals surface area contributed by atoms with Crippen molar-refractivity contribution in [3.63, 3.8) is 0 Å². The largest absolute Gasteiger partial charge is 0.381 e. The molecule has 4 N–H and O–H groups in total. The molecule has 1 rings (SSSR count). The first-order chi connectivity index (χ1) is 8.36. The minimum atomic E-state index is -3.72. The number of carbonyl (C=O) groups is 1. The number of rotatable bonds is 6. The molecule has 0 saturated heterocycles. The van der Waals surface area contributed by atoms with E-state index in [2.05, 4.69) is 15.1 Å². The van der Waals surface area contributed by atoms with E-state index in [-0.39, 0.29) is 29.6 Å². The van der Waals surface area contributed by atoms with E-state index in [9.17, 15) is 13.2 Å². The van der Waals surface area contributed by atoms with E-state index in [4.69, 9.17) is 5.73 Å². The van der Waals surface area contributed by atoms with Gasteiger partial charge in [-0.25, -0.2) is 13.1 Å². The van der Waals surface area contributed by atoms with Crippen LogP contribution in [0.3, 0.4) is 0 Å². The Balaban J connectivity index is 2.61. The molecule has 0 radical (unpaired) electrons. The number of aryl methyl sites for hydroxylation is 1. The Morgan fingerprint density at radius 1 is 1.56 bits per heavy atom. The number of hydrogen-bond acceptors (Lipinski definition) is 5. The van der Waals surface area contributed by atoms with Gasteiger partial charge >= 0.3 is 0 Å². The number of carbonyl (C=O) groups excluding carboxylic acids is 1. The van der Waals surface area contributed by atoms with Gasteiger partial charge in [-0.1, -0.05) is 0 Å². The van der Waals surface area contributed by atoms with Crippen molar-refractivity contribution in [1.29, 1.82) is 0 Å². The normalized spacial score (nSPS) is 11.4. The van der Waals surface area contributed by atoms with Gasteiger partial charge in [-0.3, -0.25) is 9.48 Å². The lowest BCUT2D eigenvalue weighted by atomic mass is 10.4. The first kappa shape index (κ1) is 14.5. The number of nitrogens with two attached hydrogens (primary N) is 1. The van der Waals surface area contributed by atoms with Crippen LogP contribution in [-0.2, 0) is 21.9 Å². The van der Waals surface area contributed by atoms with Gasteiger partial charge in [0.2, 0.25) is 15.9 Å². The molecule has 0 aliphatic heterocycles. The molecule has 1 heterocycles. The van der Waals surface area contributed by atoms with E-state index >= 15 is 0 Å². The molecule has 0 aliphatic carbocycles. The van der Waals surface area contributed by atoms with Crippen LogP contribution >= 0.6 is 0 Å². The van der Waals surface area contributed by atoms with Gasteiger partial charge in [0.15, 0.2) is 5.82 Å². The average molecular weight is 275 g/mol. The summed E-state index contributed by atoms with van der Waals surface area (Å²) in [5.74, 6) is -0.276. The number of nitrogens with zero attached hydrogens (tertiary/aromatic N) is 2. The van der Waals surface area contributed by atoms with Crippen molar-refractivity contribution in [2.75, 3.05) is 18.8 Å². The second kappa shape index (κ2) is 5.83. The maximum atomic E-state index is 11.8. The lowest BCUT2D eigenvalue weighted by Crippen LogP contribution is -2.30. The second-order valence-corrected chi connectivity index (χ2v) is 5.39. The summed E-state index contributed by atoms with van der Waals surface area (Å²) < 4.78 is 27.3. The minimum Gasteiger partial charge on any atom is -0.381 e. The number of nitrogens with one attached hydrogen (secondary N) is 2. The Morgan fingerprint density at radius 3 is 2.72 bits per heavy atom. The molecule has 0 aromatic carbocycles. The molecule has 0 unspecified atom stereocenters. The molecule has 9 heteroatoms. The molecule has 1 aromatic heterocycles. The summed E-state index contributed by atoms with van der Waals surface area (Å²) in [5.41, 5.74) is 5.48. The van der Waals surface area contributed by atoms with Crippen molar-refractivity contribution in [3.05, 3.63) is 6.20 Å². The molecule has 0 fully saturated rings.